The Bertz CT molecular complexity index is 442. The van der Waals surface area contributed by atoms with E-state index in [9.17, 15) is 4.79 Å². The van der Waals surface area contributed by atoms with Gasteiger partial charge in [-0.05, 0) is 51.3 Å². The molecule has 0 atom stereocenters. The van der Waals surface area contributed by atoms with Gasteiger partial charge in [-0.2, -0.15) is 0 Å². The molecule has 1 aromatic rings. The molecular formula is C14H20N2O2. The average molecular weight is 248 g/mol. The maximum atomic E-state index is 11.8. The fraction of sp³-hybridized carbons (Fsp3) is 0.500. The Hall–Kier alpha value is -1.71. The fourth-order valence-electron chi connectivity index (χ4n) is 1.91. The average Bonchev–Trinajstić information content (AvgIpc) is 2.96. The number of hydrogen-bond acceptors (Lipinski definition) is 3. The van der Waals surface area contributed by atoms with Crippen LogP contribution in [0.5, 0.6) is 0 Å². The Morgan fingerprint density at radius 2 is 1.83 bits per heavy atom. The number of rotatable bonds is 2. The molecule has 0 saturated heterocycles. The van der Waals surface area contributed by atoms with Crippen molar-refractivity contribution in [2.75, 3.05) is 5.73 Å². The fourth-order valence-corrected chi connectivity index (χ4v) is 1.91. The molecule has 18 heavy (non-hydrogen) atoms. The molecule has 0 aliphatic heterocycles. The van der Waals surface area contributed by atoms with E-state index in [1.54, 1.807) is 0 Å². The van der Waals surface area contributed by atoms with Crippen molar-refractivity contribution in [3.8, 4) is 0 Å². The summed E-state index contributed by atoms with van der Waals surface area (Å²) in [6.07, 6.45) is 1.52. The lowest BCUT2D eigenvalue weighted by molar-refractivity contribution is 0.0495. The quantitative estimate of drug-likeness (QED) is 0.791. The second kappa shape index (κ2) is 4.19. The normalized spacial score (nSPS) is 17.1. The van der Waals surface area contributed by atoms with E-state index in [-0.39, 0.29) is 11.6 Å². The van der Waals surface area contributed by atoms with Crippen LogP contribution in [-0.2, 0) is 10.3 Å². The van der Waals surface area contributed by atoms with Gasteiger partial charge >= 0.3 is 6.09 Å². The lowest BCUT2D eigenvalue weighted by Crippen LogP contribution is -2.39. The molecule has 1 aliphatic carbocycles. The third-order valence-corrected chi connectivity index (χ3v) is 2.95. The number of ether oxygens (including phenoxy) is 1. The number of alkyl carbamates (subject to hydrolysis) is 1. The predicted octanol–water partition coefficient (Wildman–Crippen LogP) is 2.78. The molecule has 2 rings (SSSR count). The van der Waals surface area contributed by atoms with Crippen LogP contribution in [0.25, 0.3) is 0 Å². The number of anilines is 1. The minimum absolute atomic E-state index is 0.254. The van der Waals surface area contributed by atoms with Crippen LogP contribution in [0.4, 0.5) is 10.5 Å². The predicted molar refractivity (Wildman–Crippen MR) is 71.1 cm³/mol. The second-order valence-electron chi connectivity index (χ2n) is 5.83. The maximum absolute atomic E-state index is 11.8. The van der Waals surface area contributed by atoms with Crippen molar-refractivity contribution in [3.05, 3.63) is 29.8 Å². The molecule has 0 heterocycles. The van der Waals surface area contributed by atoms with Crippen molar-refractivity contribution in [2.24, 2.45) is 0 Å². The third kappa shape index (κ3) is 2.94. The Labute approximate surface area is 108 Å². The summed E-state index contributed by atoms with van der Waals surface area (Å²) in [6, 6.07) is 7.62. The third-order valence-electron chi connectivity index (χ3n) is 2.95. The summed E-state index contributed by atoms with van der Waals surface area (Å²) in [5.41, 5.74) is 6.75. The van der Waals surface area contributed by atoms with Crippen LogP contribution in [0.15, 0.2) is 24.3 Å². The van der Waals surface area contributed by atoms with E-state index < -0.39 is 5.60 Å². The van der Waals surface area contributed by atoms with Gasteiger partial charge in [-0.25, -0.2) is 4.79 Å². The SMILES string of the molecule is CC(C)(C)OC(=O)NC1(c2ccc(N)cc2)CC1. The van der Waals surface area contributed by atoms with Crippen LogP contribution in [0, 0.1) is 0 Å². The first kappa shape index (κ1) is 12.7. The minimum Gasteiger partial charge on any atom is -0.444 e. The van der Waals surface area contributed by atoms with E-state index in [0.717, 1.165) is 24.1 Å². The zero-order valence-electron chi connectivity index (χ0n) is 11.1. The van der Waals surface area contributed by atoms with Gasteiger partial charge in [0.1, 0.15) is 5.60 Å². The minimum atomic E-state index is -0.471. The van der Waals surface area contributed by atoms with E-state index in [1.165, 1.54) is 0 Å². The van der Waals surface area contributed by atoms with Crippen LogP contribution in [-0.4, -0.2) is 11.7 Å². The Morgan fingerprint density at radius 1 is 1.28 bits per heavy atom. The first-order valence-electron chi connectivity index (χ1n) is 6.18. The topological polar surface area (TPSA) is 64.3 Å². The van der Waals surface area contributed by atoms with Gasteiger partial charge in [-0.15, -0.1) is 0 Å². The van der Waals surface area contributed by atoms with E-state index in [1.807, 2.05) is 45.0 Å². The van der Waals surface area contributed by atoms with Gasteiger partial charge in [0.2, 0.25) is 0 Å². The standard InChI is InChI=1S/C14H20N2O2/c1-13(2,3)18-12(17)16-14(8-9-14)10-4-6-11(15)7-5-10/h4-7H,8-9,15H2,1-3H3,(H,16,17). The van der Waals surface area contributed by atoms with Gasteiger partial charge in [0.15, 0.2) is 0 Å². The van der Waals surface area contributed by atoms with Crippen molar-refractivity contribution in [3.63, 3.8) is 0 Å². The molecule has 0 aromatic heterocycles. The molecule has 0 radical (unpaired) electrons. The van der Waals surface area contributed by atoms with Gasteiger partial charge in [0, 0.05) is 5.69 Å². The summed E-state index contributed by atoms with van der Waals surface area (Å²) >= 11 is 0. The number of hydrogen-bond donors (Lipinski definition) is 2. The molecular weight excluding hydrogens is 228 g/mol. The van der Waals surface area contributed by atoms with Gasteiger partial charge in [0.25, 0.3) is 0 Å². The molecule has 1 amide bonds. The number of carbonyl (C=O) groups is 1. The lowest BCUT2D eigenvalue weighted by Gasteiger charge is -2.23. The van der Waals surface area contributed by atoms with Gasteiger partial charge in [-0.3, -0.25) is 0 Å². The van der Waals surface area contributed by atoms with Crippen molar-refractivity contribution in [2.45, 2.75) is 44.8 Å². The molecule has 4 nitrogen and oxygen atoms in total. The highest BCUT2D eigenvalue weighted by molar-refractivity contribution is 5.70. The molecule has 0 spiro atoms. The largest absolute Gasteiger partial charge is 0.444 e. The summed E-state index contributed by atoms with van der Waals surface area (Å²) in [7, 11) is 0. The molecule has 98 valence electrons. The highest BCUT2D eigenvalue weighted by Crippen LogP contribution is 2.45. The van der Waals surface area contributed by atoms with E-state index >= 15 is 0 Å². The lowest BCUT2D eigenvalue weighted by atomic mass is 10.0. The van der Waals surface area contributed by atoms with Gasteiger partial charge in [0.05, 0.1) is 5.54 Å². The highest BCUT2D eigenvalue weighted by atomic mass is 16.6. The Balaban J connectivity index is 2.04. The van der Waals surface area contributed by atoms with E-state index in [2.05, 4.69) is 5.32 Å². The molecule has 0 unspecified atom stereocenters. The zero-order valence-corrected chi connectivity index (χ0v) is 11.1. The van der Waals surface area contributed by atoms with Crippen molar-refractivity contribution < 1.29 is 9.53 Å². The van der Waals surface area contributed by atoms with Crippen molar-refractivity contribution in [1.29, 1.82) is 0 Å². The first-order valence-corrected chi connectivity index (χ1v) is 6.18. The summed E-state index contributed by atoms with van der Waals surface area (Å²) in [5.74, 6) is 0. The summed E-state index contributed by atoms with van der Waals surface area (Å²) in [5, 5.41) is 2.96. The van der Waals surface area contributed by atoms with Crippen molar-refractivity contribution in [1.82, 2.24) is 5.32 Å². The monoisotopic (exact) mass is 248 g/mol. The van der Waals surface area contributed by atoms with E-state index in [0.29, 0.717) is 0 Å². The maximum Gasteiger partial charge on any atom is 0.408 e. The Kier molecular flexibility index (Phi) is 2.97. The van der Waals surface area contributed by atoms with E-state index in [4.69, 9.17) is 10.5 Å². The number of nitrogens with one attached hydrogen (secondary N) is 1. The second-order valence-corrected chi connectivity index (χ2v) is 5.83. The molecule has 1 aromatic carbocycles. The number of amides is 1. The summed E-state index contributed by atoms with van der Waals surface area (Å²) < 4.78 is 5.28. The number of benzene rings is 1. The highest BCUT2D eigenvalue weighted by Gasteiger charge is 2.46. The molecule has 3 N–H and O–H groups in total. The number of carbonyl (C=O) groups excluding carboxylic acids is 1. The van der Waals surface area contributed by atoms with Crippen LogP contribution in [0.1, 0.15) is 39.2 Å². The first-order chi connectivity index (χ1) is 8.31. The van der Waals surface area contributed by atoms with Gasteiger partial charge in [-0.1, -0.05) is 12.1 Å². The number of nitrogen functional groups attached to an aromatic ring is 1. The molecule has 1 fully saturated rings. The molecule has 4 heteroatoms. The molecule has 1 aliphatic rings. The summed E-state index contributed by atoms with van der Waals surface area (Å²) in [4.78, 5) is 11.8. The van der Waals surface area contributed by atoms with Crippen LogP contribution >= 0.6 is 0 Å². The smallest absolute Gasteiger partial charge is 0.408 e. The zero-order chi connectivity index (χ0) is 13.4. The van der Waals surface area contributed by atoms with Gasteiger partial charge < -0.3 is 15.8 Å². The summed E-state index contributed by atoms with van der Waals surface area (Å²) in [6.45, 7) is 5.57. The van der Waals surface area contributed by atoms with Crippen LogP contribution < -0.4 is 11.1 Å². The Morgan fingerprint density at radius 3 is 2.28 bits per heavy atom. The molecule has 0 bridgehead atoms. The number of nitrogens with two attached hydrogens (primary N) is 1. The van der Waals surface area contributed by atoms with Crippen LogP contribution in [0.2, 0.25) is 0 Å². The molecule has 1 saturated carbocycles. The van der Waals surface area contributed by atoms with Crippen molar-refractivity contribution >= 4 is 11.8 Å². The van der Waals surface area contributed by atoms with Crippen LogP contribution in [0.3, 0.4) is 0 Å².